The highest BCUT2D eigenvalue weighted by Crippen LogP contribution is 2.48. The molecule has 0 aromatic carbocycles. The second-order valence-corrected chi connectivity index (χ2v) is 5.14. The molecule has 1 atom stereocenters. The zero-order valence-electron chi connectivity index (χ0n) is 9.42. The van der Waals surface area contributed by atoms with Crippen molar-refractivity contribution >= 4 is 0 Å². The topological polar surface area (TPSA) is 33.7 Å². The van der Waals surface area contributed by atoms with E-state index in [1.165, 1.54) is 12.8 Å². The lowest BCUT2D eigenvalue weighted by Gasteiger charge is -2.50. The Bertz CT molecular complexity index is 245. The van der Waals surface area contributed by atoms with Crippen LogP contribution in [0.5, 0.6) is 0 Å². The summed E-state index contributed by atoms with van der Waals surface area (Å²) in [5.74, 6) is -0.316. The average Bonchev–Trinajstić information content (AvgIpc) is 2.83. The number of hydrogen-bond acceptors (Lipinski definition) is 4. The highest BCUT2D eigenvalue weighted by Gasteiger charge is 2.59. The van der Waals surface area contributed by atoms with Crippen LogP contribution in [-0.2, 0) is 9.47 Å². The van der Waals surface area contributed by atoms with E-state index in [0.29, 0.717) is 0 Å². The molecule has 0 aromatic heterocycles. The van der Waals surface area contributed by atoms with Gasteiger partial charge in [0.05, 0.1) is 19.8 Å². The Balaban J connectivity index is 1.91. The van der Waals surface area contributed by atoms with Gasteiger partial charge in [-0.2, -0.15) is 0 Å². The zero-order valence-corrected chi connectivity index (χ0v) is 9.42. The van der Waals surface area contributed by atoms with Crippen LogP contribution in [0, 0.1) is 5.41 Å². The van der Waals surface area contributed by atoms with E-state index in [1.54, 1.807) is 0 Å². The van der Waals surface area contributed by atoms with Gasteiger partial charge in [-0.25, -0.2) is 0 Å². The summed E-state index contributed by atoms with van der Waals surface area (Å²) in [6, 6.07) is 0. The number of nitrogens with zero attached hydrogens (tertiary/aromatic N) is 1. The number of rotatable bonds is 0. The van der Waals surface area contributed by atoms with Crippen LogP contribution in [0.25, 0.3) is 0 Å². The van der Waals surface area contributed by atoms with Gasteiger partial charge in [0.1, 0.15) is 0 Å². The highest BCUT2D eigenvalue weighted by molar-refractivity contribution is 5.05. The number of likely N-dealkylation sites (N-methyl/N-ethyl adjacent to an activating group) is 1. The fourth-order valence-electron chi connectivity index (χ4n) is 3.33. The Morgan fingerprint density at radius 2 is 2.00 bits per heavy atom. The molecule has 3 aliphatic heterocycles. The minimum absolute atomic E-state index is 0.232. The van der Waals surface area contributed by atoms with E-state index >= 15 is 0 Å². The van der Waals surface area contributed by atoms with Gasteiger partial charge in [0.15, 0.2) is 5.79 Å². The summed E-state index contributed by atoms with van der Waals surface area (Å²) in [6.07, 6.45) is 2.39. The van der Waals surface area contributed by atoms with Crippen LogP contribution in [-0.4, -0.2) is 57.1 Å². The molecular formula is C11H20N2O2. The summed E-state index contributed by atoms with van der Waals surface area (Å²) in [7, 11) is 2.15. The molecule has 3 fully saturated rings. The Labute approximate surface area is 90.9 Å². The Hall–Kier alpha value is -0.160. The quantitative estimate of drug-likeness (QED) is 0.615. The number of hydrogen-bond donors (Lipinski definition) is 1. The molecule has 4 heteroatoms. The molecule has 0 radical (unpaired) electrons. The molecule has 3 rings (SSSR count). The molecule has 3 saturated heterocycles. The second kappa shape index (κ2) is 3.42. The SMILES string of the molecule is CN1CCC2(CCNC2)C2(C1)OCCO2. The molecule has 1 N–H and O–H groups in total. The first-order valence-electron chi connectivity index (χ1n) is 5.94. The molecule has 0 aromatic rings. The monoisotopic (exact) mass is 212 g/mol. The van der Waals surface area contributed by atoms with Crippen molar-refractivity contribution in [3.05, 3.63) is 0 Å². The Morgan fingerprint density at radius 3 is 2.67 bits per heavy atom. The fraction of sp³-hybridized carbons (Fsp3) is 1.00. The third kappa shape index (κ3) is 1.35. The minimum atomic E-state index is -0.316. The van der Waals surface area contributed by atoms with Crippen molar-refractivity contribution < 1.29 is 9.47 Å². The summed E-state index contributed by atoms with van der Waals surface area (Å²) in [6.45, 7) is 5.77. The third-order valence-electron chi connectivity index (χ3n) is 4.26. The summed E-state index contributed by atoms with van der Waals surface area (Å²) in [4.78, 5) is 2.33. The average molecular weight is 212 g/mol. The minimum Gasteiger partial charge on any atom is -0.346 e. The normalized spacial score (nSPS) is 40.6. The van der Waals surface area contributed by atoms with Gasteiger partial charge in [-0.1, -0.05) is 0 Å². The first kappa shape index (κ1) is 10.0. The molecular weight excluding hydrogens is 192 g/mol. The summed E-state index contributed by atoms with van der Waals surface area (Å²) < 4.78 is 12.0. The fourth-order valence-corrected chi connectivity index (χ4v) is 3.33. The first-order chi connectivity index (χ1) is 7.27. The van der Waals surface area contributed by atoms with Crippen molar-refractivity contribution in [2.75, 3.05) is 46.4 Å². The van der Waals surface area contributed by atoms with Crippen molar-refractivity contribution in [2.24, 2.45) is 5.41 Å². The molecule has 4 nitrogen and oxygen atoms in total. The lowest BCUT2D eigenvalue weighted by atomic mass is 9.72. The molecule has 86 valence electrons. The summed E-state index contributed by atoms with van der Waals surface area (Å²) in [5, 5.41) is 3.47. The molecule has 3 heterocycles. The molecule has 0 amide bonds. The maximum absolute atomic E-state index is 5.99. The predicted octanol–water partition coefficient (Wildman–Crippen LogP) is 0.0447. The molecule has 2 spiro atoms. The molecule has 3 aliphatic rings. The van der Waals surface area contributed by atoms with Crippen LogP contribution in [0.15, 0.2) is 0 Å². The second-order valence-electron chi connectivity index (χ2n) is 5.14. The Kier molecular flexibility index (Phi) is 2.28. The van der Waals surface area contributed by atoms with Crippen LogP contribution >= 0.6 is 0 Å². The molecule has 0 aliphatic carbocycles. The third-order valence-corrected chi connectivity index (χ3v) is 4.26. The van der Waals surface area contributed by atoms with Gasteiger partial charge < -0.3 is 19.7 Å². The first-order valence-corrected chi connectivity index (χ1v) is 5.94. The van der Waals surface area contributed by atoms with Crippen LogP contribution in [0.2, 0.25) is 0 Å². The van der Waals surface area contributed by atoms with E-state index in [0.717, 1.165) is 39.4 Å². The van der Waals surface area contributed by atoms with E-state index in [1.807, 2.05) is 0 Å². The van der Waals surface area contributed by atoms with Crippen molar-refractivity contribution in [3.63, 3.8) is 0 Å². The van der Waals surface area contributed by atoms with E-state index in [9.17, 15) is 0 Å². The van der Waals surface area contributed by atoms with Crippen molar-refractivity contribution in [3.8, 4) is 0 Å². The van der Waals surface area contributed by atoms with Crippen molar-refractivity contribution in [1.29, 1.82) is 0 Å². The molecule has 15 heavy (non-hydrogen) atoms. The van der Waals surface area contributed by atoms with Gasteiger partial charge in [-0.3, -0.25) is 0 Å². The van der Waals surface area contributed by atoms with Crippen LogP contribution < -0.4 is 5.32 Å². The van der Waals surface area contributed by atoms with Crippen LogP contribution in [0.1, 0.15) is 12.8 Å². The largest absolute Gasteiger partial charge is 0.346 e. The van der Waals surface area contributed by atoms with Gasteiger partial charge in [-0.15, -0.1) is 0 Å². The van der Waals surface area contributed by atoms with Gasteiger partial charge in [-0.05, 0) is 33.0 Å². The van der Waals surface area contributed by atoms with Crippen LogP contribution in [0.3, 0.4) is 0 Å². The number of ether oxygens (including phenoxy) is 2. The van der Waals surface area contributed by atoms with Gasteiger partial charge in [0, 0.05) is 12.0 Å². The maximum Gasteiger partial charge on any atom is 0.188 e. The van der Waals surface area contributed by atoms with Crippen molar-refractivity contribution in [2.45, 2.75) is 18.6 Å². The van der Waals surface area contributed by atoms with Gasteiger partial charge >= 0.3 is 0 Å². The summed E-state index contributed by atoms with van der Waals surface area (Å²) >= 11 is 0. The van der Waals surface area contributed by atoms with E-state index in [4.69, 9.17) is 9.47 Å². The zero-order chi connectivity index (χ0) is 10.4. The van der Waals surface area contributed by atoms with Gasteiger partial charge in [0.2, 0.25) is 0 Å². The lowest BCUT2D eigenvalue weighted by Crippen LogP contribution is -2.61. The van der Waals surface area contributed by atoms with Crippen LogP contribution in [0.4, 0.5) is 0 Å². The van der Waals surface area contributed by atoms with Gasteiger partial charge in [0.25, 0.3) is 0 Å². The number of likely N-dealkylation sites (tertiary alicyclic amines) is 1. The standard InChI is InChI=1S/C11H20N2O2/c1-13-5-3-10(2-4-12-8-10)11(9-13)14-6-7-15-11/h12H,2-9H2,1H3. The molecule has 0 bridgehead atoms. The molecule has 0 saturated carbocycles. The predicted molar refractivity (Wildman–Crippen MR) is 56.7 cm³/mol. The van der Waals surface area contributed by atoms with E-state index in [2.05, 4.69) is 17.3 Å². The Morgan fingerprint density at radius 1 is 1.20 bits per heavy atom. The maximum atomic E-state index is 5.99. The highest BCUT2D eigenvalue weighted by atomic mass is 16.7. The lowest BCUT2D eigenvalue weighted by molar-refractivity contribution is -0.258. The van der Waals surface area contributed by atoms with Crippen molar-refractivity contribution in [1.82, 2.24) is 10.2 Å². The number of nitrogens with one attached hydrogen (secondary N) is 1. The molecule has 1 unspecified atom stereocenters. The van der Waals surface area contributed by atoms with E-state index in [-0.39, 0.29) is 11.2 Å². The number of piperidine rings is 1. The van der Waals surface area contributed by atoms with E-state index < -0.39 is 0 Å². The number of fused-ring (bicyclic) bond motifs is 1. The summed E-state index contributed by atoms with van der Waals surface area (Å²) in [5.41, 5.74) is 0.232. The smallest absolute Gasteiger partial charge is 0.188 e.